The molecule has 0 saturated carbocycles. The monoisotopic (exact) mass is 416 g/mol. The number of likely N-dealkylation sites (tertiary alicyclic amines) is 1. The number of hydrogen-bond acceptors (Lipinski definition) is 4. The molecule has 5 heteroatoms. The van der Waals surface area contributed by atoms with Crippen molar-refractivity contribution in [2.24, 2.45) is 11.3 Å². The van der Waals surface area contributed by atoms with Crippen molar-refractivity contribution in [3.63, 3.8) is 0 Å². The predicted octanol–water partition coefficient (Wildman–Crippen LogP) is 4.75. The van der Waals surface area contributed by atoms with E-state index in [1.165, 1.54) is 10.9 Å². The summed E-state index contributed by atoms with van der Waals surface area (Å²) in [5.74, 6) is 0.392. The summed E-state index contributed by atoms with van der Waals surface area (Å²) in [7, 11) is 0. The van der Waals surface area contributed by atoms with Crippen LogP contribution in [0.4, 0.5) is 0 Å². The molecule has 1 aliphatic rings. The van der Waals surface area contributed by atoms with Crippen LogP contribution in [-0.4, -0.2) is 33.9 Å². The Bertz CT molecular complexity index is 1020. The number of carbonyl (C=O) groups is 1. The second-order valence-corrected chi connectivity index (χ2v) is 9.58. The molecule has 1 saturated heterocycles. The van der Waals surface area contributed by atoms with Gasteiger partial charge in [-0.1, -0.05) is 45.0 Å². The Balaban J connectivity index is 1.55. The van der Waals surface area contributed by atoms with Crippen molar-refractivity contribution >= 4 is 16.8 Å². The molecule has 0 aliphatic carbocycles. The fourth-order valence-electron chi connectivity index (χ4n) is 4.40. The van der Waals surface area contributed by atoms with Crippen molar-refractivity contribution in [2.75, 3.05) is 13.1 Å². The van der Waals surface area contributed by atoms with Gasteiger partial charge in [0.1, 0.15) is 0 Å². The van der Waals surface area contributed by atoms with Gasteiger partial charge in [0.05, 0.1) is 17.3 Å². The third kappa shape index (κ3) is 5.10. The summed E-state index contributed by atoms with van der Waals surface area (Å²) in [5.41, 5.74) is 2.86. The number of benzene rings is 1. The van der Waals surface area contributed by atoms with Crippen LogP contribution >= 0.6 is 0 Å². The Morgan fingerprint density at radius 1 is 1.10 bits per heavy atom. The van der Waals surface area contributed by atoms with Gasteiger partial charge in [0.15, 0.2) is 0 Å². The average Bonchev–Trinajstić information content (AvgIpc) is 2.78. The van der Waals surface area contributed by atoms with E-state index >= 15 is 0 Å². The van der Waals surface area contributed by atoms with E-state index in [0.717, 1.165) is 43.7 Å². The Labute approximate surface area is 184 Å². The van der Waals surface area contributed by atoms with E-state index < -0.39 is 5.41 Å². The lowest BCUT2D eigenvalue weighted by Gasteiger charge is -2.38. The van der Waals surface area contributed by atoms with E-state index in [9.17, 15) is 4.79 Å². The smallest absolute Gasteiger partial charge is 0.225 e. The second-order valence-electron chi connectivity index (χ2n) is 9.58. The highest BCUT2D eigenvalue weighted by atomic mass is 16.2. The first-order valence-electron chi connectivity index (χ1n) is 11.2. The van der Waals surface area contributed by atoms with Crippen molar-refractivity contribution in [2.45, 2.75) is 46.2 Å². The molecule has 0 bridgehead atoms. The summed E-state index contributed by atoms with van der Waals surface area (Å²) >= 11 is 0. The molecule has 1 amide bonds. The molecular weight excluding hydrogens is 384 g/mol. The van der Waals surface area contributed by atoms with Crippen LogP contribution in [0.3, 0.4) is 0 Å². The topological polar surface area (TPSA) is 58.1 Å². The molecule has 1 aliphatic heterocycles. The van der Waals surface area contributed by atoms with Gasteiger partial charge in [-0.15, -0.1) is 0 Å². The van der Waals surface area contributed by atoms with E-state index in [1.54, 1.807) is 0 Å². The number of carbonyl (C=O) groups excluding carboxylic acids is 1. The van der Waals surface area contributed by atoms with Gasteiger partial charge < -0.3 is 5.32 Å². The number of piperidine rings is 1. The predicted molar refractivity (Wildman–Crippen MR) is 124 cm³/mol. The zero-order chi connectivity index (χ0) is 21.8. The number of hydrogen-bond donors (Lipinski definition) is 1. The van der Waals surface area contributed by atoms with E-state index in [-0.39, 0.29) is 11.9 Å². The van der Waals surface area contributed by atoms with Crippen LogP contribution in [0, 0.1) is 11.3 Å². The summed E-state index contributed by atoms with van der Waals surface area (Å²) in [6.45, 7) is 8.76. The zero-order valence-electron chi connectivity index (χ0n) is 18.7. The Morgan fingerprint density at radius 2 is 1.94 bits per heavy atom. The first kappa shape index (κ1) is 21.4. The van der Waals surface area contributed by atoms with Crippen LogP contribution in [0.5, 0.6) is 0 Å². The molecule has 0 unspecified atom stereocenters. The molecule has 2 atom stereocenters. The summed E-state index contributed by atoms with van der Waals surface area (Å²) < 4.78 is 0. The number of fused-ring (bicyclic) bond motifs is 1. The highest BCUT2D eigenvalue weighted by Crippen LogP contribution is 2.31. The first-order valence-corrected chi connectivity index (χ1v) is 11.2. The normalized spacial score (nSPS) is 18.6. The van der Waals surface area contributed by atoms with Gasteiger partial charge in [-0.2, -0.15) is 0 Å². The lowest BCUT2D eigenvalue weighted by atomic mass is 9.86. The fraction of sp³-hybridized carbons (Fsp3) is 0.423. The number of nitrogens with zero attached hydrogens (tertiary/aromatic N) is 3. The third-order valence-electron chi connectivity index (χ3n) is 6.12. The SMILES string of the molecule is CC(C)(C)C(=O)N[C@@H](c1ccccn1)[C@@H]1CCCN(Cc2cccc3ncccc23)C1. The standard InChI is InChI=1S/C26H32N4O/c1-26(2,3)25(31)29-24(23-12-4-5-14-28-23)20-10-8-16-30(18-20)17-19-9-6-13-22-21(19)11-7-15-27-22/h4-7,9,11-15,20,24H,8,10,16-18H2,1-3H3,(H,29,31)/t20-,24-/m1/s1. The molecule has 2 aromatic heterocycles. The summed E-state index contributed by atoms with van der Waals surface area (Å²) in [6, 6.07) is 16.4. The van der Waals surface area contributed by atoms with Crippen molar-refractivity contribution in [1.29, 1.82) is 0 Å². The molecule has 3 aromatic rings. The number of pyridine rings is 2. The van der Waals surface area contributed by atoms with Crippen LogP contribution in [-0.2, 0) is 11.3 Å². The summed E-state index contributed by atoms with van der Waals surface area (Å²) in [4.78, 5) is 24.5. The number of rotatable bonds is 5. The highest BCUT2D eigenvalue weighted by molar-refractivity contribution is 5.82. The largest absolute Gasteiger partial charge is 0.347 e. The van der Waals surface area contributed by atoms with Crippen molar-refractivity contribution in [1.82, 2.24) is 20.2 Å². The Hall–Kier alpha value is -2.79. The minimum atomic E-state index is -0.433. The van der Waals surface area contributed by atoms with Crippen molar-refractivity contribution in [3.05, 3.63) is 72.2 Å². The van der Waals surface area contributed by atoms with E-state index in [0.29, 0.717) is 5.92 Å². The van der Waals surface area contributed by atoms with Crippen LogP contribution in [0.15, 0.2) is 60.9 Å². The molecule has 4 rings (SSSR count). The number of amides is 1. The Morgan fingerprint density at radius 3 is 2.71 bits per heavy atom. The van der Waals surface area contributed by atoms with Gasteiger partial charge in [-0.3, -0.25) is 19.7 Å². The van der Waals surface area contributed by atoms with Crippen LogP contribution in [0.2, 0.25) is 0 Å². The molecule has 5 nitrogen and oxygen atoms in total. The Kier molecular flexibility index (Phi) is 6.33. The molecule has 0 spiro atoms. The molecular formula is C26H32N4O. The molecule has 1 fully saturated rings. The van der Waals surface area contributed by atoms with E-state index in [4.69, 9.17) is 0 Å². The van der Waals surface area contributed by atoms with Gasteiger partial charge in [-0.25, -0.2) is 0 Å². The zero-order valence-corrected chi connectivity index (χ0v) is 18.7. The fourth-order valence-corrected chi connectivity index (χ4v) is 4.40. The minimum Gasteiger partial charge on any atom is -0.347 e. The first-order chi connectivity index (χ1) is 14.9. The molecule has 1 N–H and O–H groups in total. The maximum atomic E-state index is 12.9. The van der Waals surface area contributed by atoms with Crippen molar-refractivity contribution < 1.29 is 4.79 Å². The van der Waals surface area contributed by atoms with Gasteiger partial charge in [0.25, 0.3) is 0 Å². The van der Waals surface area contributed by atoms with Crippen LogP contribution in [0.1, 0.15) is 50.9 Å². The van der Waals surface area contributed by atoms with Gasteiger partial charge in [0, 0.05) is 36.3 Å². The average molecular weight is 417 g/mol. The maximum absolute atomic E-state index is 12.9. The maximum Gasteiger partial charge on any atom is 0.225 e. The van der Waals surface area contributed by atoms with Gasteiger partial charge in [-0.05, 0) is 55.1 Å². The minimum absolute atomic E-state index is 0.0698. The lowest BCUT2D eigenvalue weighted by molar-refractivity contribution is -0.130. The lowest BCUT2D eigenvalue weighted by Crippen LogP contribution is -2.45. The molecule has 0 radical (unpaired) electrons. The molecule has 162 valence electrons. The second kappa shape index (κ2) is 9.15. The number of aromatic nitrogens is 2. The van der Waals surface area contributed by atoms with Gasteiger partial charge in [0.2, 0.25) is 5.91 Å². The van der Waals surface area contributed by atoms with E-state index in [2.05, 4.69) is 44.5 Å². The van der Waals surface area contributed by atoms with E-state index in [1.807, 2.05) is 57.4 Å². The summed E-state index contributed by atoms with van der Waals surface area (Å²) in [5, 5.41) is 4.54. The number of nitrogens with one attached hydrogen (secondary N) is 1. The highest BCUT2D eigenvalue weighted by Gasteiger charge is 2.33. The van der Waals surface area contributed by atoms with Crippen LogP contribution in [0.25, 0.3) is 10.9 Å². The van der Waals surface area contributed by atoms with Crippen LogP contribution < -0.4 is 5.32 Å². The molecule has 1 aromatic carbocycles. The quantitative estimate of drug-likeness (QED) is 0.652. The van der Waals surface area contributed by atoms with Crippen molar-refractivity contribution in [3.8, 4) is 0 Å². The third-order valence-corrected chi connectivity index (χ3v) is 6.12. The van der Waals surface area contributed by atoms with Gasteiger partial charge >= 0.3 is 0 Å². The summed E-state index contributed by atoms with van der Waals surface area (Å²) in [6.07, 6.45) is 5.86. The molecule has 31 heavy (non-hydrogen) atoms. The molecule has 3 heterocycles.